The van der Waals surface area contributed by atoms with E-state index in [4.69, 9.17) is 0 Å². The third kappa shape index (κ3) is 3.35. The number of hydrogen-bond acceptors (Lipinski definition) is 4. The molecule has 2 heterocycles. The molecule has 16 heavy (non-hydrogen) atoms. The van der Waals surface area contributed by atoms with E-state index in [0.717, 1.165) is 18.0 Å². The van der Waals surface area contributed by atoms with Crippen molar-refractivity contribution in [2.45, 2.75) is 26.3 Å². The molecule has 1 atom stereocenters. The minimum Gasteiger partial charge on any atom is -0.303 e. The smallest absolute Gasteiger partial charge is 0.264 e. The van der Waals surface area contributed by atoms with Crippen molar-refractivity contribution >= 4 is 24.4 Å². The summed E-state index contributed by atoms with van der Waals surface area (Å²) in [6.45, 7) is 5.89. The zero-order valence-corrected chi connectivity index (χ0v) is 10.8. The van der Waals surface area contributed by atoms with Crippen molar-refractivity contribution in [3.63, 3.8) is 0 Å². The SMILES string of the molecule is CC(C)C1CCN1C.O=C1C=C(S)C(=O)N1. The fraction of sp³-hybridized carbons (Fsp3) is 0.636. The van der Waals surface area contributed by atoms with Crippen LogP contribution in [0.1, 0.15) is 20.3 Å². The summed E-state index contributed by atoms with van der Waals surface area (Å²) in [5, 5.41) is 2.02. The number of nitrogens with one attached hydrogen (secondary N) is 1. The van der Waals surface area contributed by atoms with E-state index in [1.54, 1.807) is 0 Å². The Bertz CT molecular complexity index is 321. The summed E-state index contributed by atoms with van der Waals surface area (Å²) in [6, 6.07) is 0.884. The Balaban J connectivity index is 0.000000160. The van der Waals surface area contributed by atoms with Crippen molar-refractivity contribution in [2.75, 3.05) is 13.6 Å². The lowest BCUT2D eigenvalue weighted by molar-refractivity contribution is -0.123. The van der Waals surface area contributed by atoms with Gasteiger partial charge in [-0.05, 0) is 25.9 Å². The molecule has 2 aliphatic rings. The van der Waals surface area contributed by atoms with Gasteiger partial charge in [0.15, 0.2) is 0 Å². The van der Waals surface area contributed by atoms with E-state index in [2.05, 4.69) is 38.4 Å². The molecule has 90 valence electrons. The molecular formula is C11H18N2O2S. The van der Waals surface area contributed by atoms with Gasteiger partial charge in [-0.15, -0.1) is 12.6 Å². The van der Waals surface area contributed by atoms with Gasteiger partial charge in [0, 0.05) is 12.1 Å². The van der Waals surface area contributed by atoms with E-state index in [0.29, 0.717) is 0 Å². The summed E-state index contributed by atoms with van der Waals surface area (Å²) in [6.07, 6.45) is 2.56. The molecule has 0 radical (unpaired) electrons. The lowest BCUT2D eigenvalue weighted by atomic mass is 9.93. The molecule has 1 unspecified atom stereocenters. The van der Waals surface area contributed by atoms with Gasteiger partial charge in [0.2, 0.25) is 0 Å². The second-order valence-electron chi connectivity index (χ2n) is 4.43. The molecule has 5 heteroatoms. The molecule has 0 saturated carbocycles. The van der Waals surface area contributed by atoms with E-state index in [9.17, 15) is 9.59 Å². The fourth-order valence-electron chi connectivity index (χ4n) is 1.78. The van der Waals surface area contributed by atoms with Crippen LogP contribution in [0.4, 0.5) is 0 Å². The maximum atomic E-state index is 10.3. The Labute approximate surface area is 101 Å². The average Bonchev–Trinajstić information content (AvgIpc) is 2.41. The Hall–Kier alpha value is -0.810. The second-order valence-corrected chi connectivity index (χ2v) is 4.91. The Morgan fingerprint density at radius 2 is 2.12 bits per heavy atom. The maximum Gasteiger partial charge on any atom is 0.264 e. The van der Waals surface area contributed by atoms with Crippen LogP contribution in [0, 0.1) is 5.92 Å². The van der Waals surface area contributed by atoms with Crippen LogP contribution in [-0.2, 0) is 9.59 Å². The summed E-state index contributed by atoms with van der Waals surface area (Å²) in [7, 11) is 2.20. The highest BCUT2D eigenvalue weighted by atomic mass is 32.1. The van der Waals surface area contributed by atoms with E-state index in [1.165, 1.54) is 13.0 Å². The molecule has 2 rings (SSSR count). The van der Waals surface area contributed by atoms with Crippen LogP contribution < -0.4 is 5.32 Å². The molecule has 1 N–H and O–H groups in total. The maximum absolute atomic E-state index is 10.3. The van der Waals surface area contributed by atoms with E-state index in [1.807, 2.05) is 5.32 Å². The monoisotopic (exact) mass is 242 g/mol. The second kappa shape index (κ2) is 5.50. The lowest BCUT2D eigenvalue weighted by Crippen LogP contribution is -2.47. The molecule has 1 fully saturated rings. The molecule has 1 saturated heterocycles. The summed E-state index contributed by atoms with van der Waals surface area (Å²) in [4.78, 5) is 23.1. The van der Waals surface area contributed by atoms with E-state index >= 15 is 0 Å². The summed E-state index contributed by atoms with van der Waals surface area (Å²) in [5.41, 5.74) is 0. The molecule has 0 aliphatic carbocycles. The van der Waals surface area contributed by atoms with Gasteiger partial charge in [-0.2, -0.15) is 0 Å². The highest BCUT2D eigenvalue weighted by Gasteiger charge is 2.26. The van der Waals surface area contributed by atoms with E-state index < -0.39 is 5.91 Å². The Kier molecular flexibility index (Phi) is 4.56. The van der Waals surface area contributed by atoms with Crippen LogP contribution in [0.3, 0.4) is 0 Å². The first-order chi connectivity index (χ1) is 7.41. The minimum absolute atomic E-state index is 0.176. The summed E-state index contributed by atoms with van der Waals surface area (Å²) >= 11 is 3.67. The topological polar surface area (TPSA) is 49.4 Å². The standard InChI is InChI=1S/C7H15N.C4H3NO2S/c1-6(2)7-4-5-8(7)3;6-3-1-2(8)4(7)5-3/h6-7H,4-5H2,1-3H3;1H,(H2,5,6,7,8). The quantitative estimate of drug-likeness (QED) is 0.528. The molecule has 0 bridgehead atoms. The molecule has 4 nitrogen and oxygen atoms in total. The minimum atomic E-state index is -0.418. The first-order valence-corrected chi connectivity index (χ1v) is 5.82. The van der Waals surface area contributed by atoms with Crippen molar-refractivity contribution in [1.29, 1.82) is 0 Å². The zero-order chi connectivity index (χ0) is 12.3. The third-order valence-electron chi connectivity index (χ3n) is 2.85. The summed E-state index contributed by atoms with van der Waals surface area (Å²) in [5.74, 6) is 0.0482. The molecule has 0 aromatic rings. The van der Waals surface area contributed by atoms with Crippen molar-refractivity contribution in [3.8, 4) is 0 Å². The predicted molar refractivity (Wildman–Crippen MR) is 66.1 cm³/mol. The number of amides is 2. The van der Waals surface area contributed by atoms with Crippen LogP contribution in [-0.4, -0.2) is 36.3 Å². The number of thiol groups is 1. The molecule has 0 aromatic heterocycles. The van der Waals surface area contributed by atoms with Crippen LogP contribution in [0.5, 0.6) is 0 Å². The van der Waals surface area contributed by atoms with Crippen LogP contribution in [0.2, 0.25) is 0 Å². The number of carbonyl (C=O) groups excluding carboxylic acids is 2. The Morgan fingerprint density at radius 1 is 1.50 bits per heavy atom. The first-order valence-electron chi connectivity index (χ1n) is 5.38. The number of imide groups is 1. The number of nitrogens with zero attached hydrogens (tertiary/aromatic N) is 1. The number of rotatable bonds is 1. The first kappa shape index (κ1) is 13.3. The zero-order valence-electron chi connectivity index (χ0n) is 9.86. The van der Waals surface area contributed by atoms with Gasteiger partial charge in [0.25, 0.3) is 11.8 Å². The molecular weight excluding hydrogens is 224 g/mol. The number of hydrogen-bond donors (Lipinski definition) is 2. The number of carbonyl (C=O) groups is 2. The molecule has 2 aliphatic heterocycles. The molecule has 0 aromatic carbocycles. The molecule has 0 spiro atoms. The van der Waals surface area contributed by atoms with Crippen molar-refractivity contribution in [3.05, 3.63) is 11.0 Å². The van der Waals surface area contributed by atoms with Gasteiger partial charge in [-0.3, -0.25) is 14.9 Å². The van der Waals surface area contributed by atoms with Crippen LogP contribution in [0.15, 0.2) is 11.0 Å². The van der Waals surface area contributed by atoms with Gasteiger partial charge < -0.3 is 4.90 Å². The fourth-order valence-corrected chi connectivity index (χ4v) is 1.95. The van der Waals surface area contributed by atoms with Gasteiger partial charge in [0.1, 0.15) is 0 Å². The largest absolute Gasteiger partial charge is 0.303 e. The summed E-state index contributed by atoms with van der Waals surface area (Å²) < 4.78 is 0. The van der Waals surface area contributed by atoms with Gasteiger partial charge >= 0.3 is 0 Å². The van der Waals surface area contributed by atoms with Crippen molar-refractivity contribution in [1.82, 2.24) is 10.2 Å². The van der Waals surface area contributed by atoms with Crippen molar-refractivity contribution < 1.29 is 9.59 Å². The van der Waals surface area contributed by atoms with Crippen LogP contribution in [0.25, 0.3) is 0 Å². The highest BCUT2D eigenvalue weighted by molar-refractivity contribution is 7.85. The van der Waals surface area contributed by atoms with Gasteiger partial charge in [0.05, 0.1) is 4.91 Å². The van der Waals surface area contributed by atoms with E-state index in [-0.39, 0.29) is 10.8 Å². The Morgan fingerprint density at radius 3 is 2.19 bits per heavy atom. The van der Waals surface area contributed by atoms with Crippen molar-refractivity contribution in [2.24, 2.45) is 5.92 Å². The molecule has 2 amide bonds. The lowest BCUT2D eigenvalue weighted by Gasteiger charge is -2.40. The number of likely N-dealkylation sites (tertiary alicyclic amines) is 1. The third-order valence-corrected chi connectivity index (χ3v) is 3.18. The van der Waals surface area contributed by atoms with Gasteiger partial charge in [-0.1, -0.05) is 13.8 Å². The van der Waals surface area contributed by atoms with Crippen LogP contribution >= 0.6 is 12.6 Å². The normalized spacial score (nSPS) is 24.6. The average molecular weight is 242 g/mol. The highest BCUT2D eigenvalue weighted by Crippen LogP contribution is 2.21. The van der Waals surface area contributed by atoms with Gasteiger partial charge in [-0.25, -0.2) is 0 Å². The predicted octanol–water partition coefficient (Wildman–Crippen LogP) is 0.803.